The number of hydrogen-bond acceptors (Lipinski definition) is 4. The van der Waals surface area contributed by atoms with Crippen molar-refractivity contribution < 1.29 is 19.1 Å². The van der Waals surface area contributed by atoms with E-state index in [4.69, 9.17) is 4.74 Å². The highest BCUT2D eigenvalue weighted by Gasteiger charge is 2.62. The molecule has 0 atom stereocenters. The van der Waals surface area contributed by atoms with Gasteiger partial charge in [-0.2, -0.15) is 0 Å². The number of ketones is 2. The summed E-state index contributed by atoms with van der Waals surface area (Å²) in [4.78, 5) is 40.9. The van der Waals surface area contributed by atoms with Gasteiger partial charge in [-0.15, -0.1) is 0 Å². The number of carbonyl (C=O) groups excluding carboxylic acids is 3. The maximum absolute atomic E-state index is 13.9. The van der Waals surface area contributed by atoms with E-state index in [1.807, 2.05) is 30.3 Å². The van der Waals surface area contributed by atoms with E-state index in [0.29, 0.717) is 33.4 Å². The predicted molar refractivity (Wildman–Crippen MR) is 113 cm³/mol. The highest BCUT2D eigenvalue weighted by molar-refractivity contribution is 6.46. The molecular formula is C26H18O4. The van der Waals surface area contributed by atoms with Crippen molar-refractivity contribution in [3.05, 3.63) is 107 Å². The van der Waals surface area contributed by atoms with Gasteiger partial charge in [-0.05, 0) is 23.6 Å². The first-order chi connectivity index (χ1) is 14.6. The lowest BCUT2D eigenvalue weighted by Crippen LogP contribution is -2.38. The van der Waals surface area contributed by atoms with Crippen molar-refractivity contribution in [2.45, 2.75) is 12.3 Å². The van der Waals surface area contributed by atoms with Crippen LogP contribution in [0.3, 0.4) is 0 Å². The Morgan fingerprint density at radius 2 is 1.30 bits per heavy atom. The molecule has 1 spiro atoms. The van der Waals surface area contributed by atoms with Gasteiger partial charge in [0.2, 0.25) is 0 Å². The summed E-state index contributed by atoms with van der Waals surface area (Å²) < 4.78 is 5.37. The van der Waals surface area contributed by atoms with Crippen LogP contribution >= 0.6 is 0 Å². The van der Waals surface area contributed by atoms with Crippen LogP contribution in [-0.2, 0) is 14.9 Å². The fourth-order valence-electron chi connectivity index (χ4n) is 4.72. The number of Topliss-reactive ketones (excluding diaryl/α,β-unsaturated/α-hetero) is 2. The molecule has 30 heavy (non-hydrogen) atoms. The fraction of sp³-hybridized carbons (Fsp3) is 0.115. The van der Waals surface area contributed by atoms with Gasteiger partial charge >= 0.3 is 5.97 Å². The smallest absolute Gasteiger partial charge is 0.339 e. The zero-order valence-corrected chi connectivity index (χ0v) is 16.3. The van der Waals surface area contributed by atoms with Crippen LogP contribution in [0.25, 0.3) is 11.1 Å². The Kier molecular flexibility index (Phi) is 4.03. The van der Waals surface area contributed by atoms with Gasteiger partial charge in [0, 0.05) is 16.7 Å². The lowest BCUT2D eigenvalue weighted by Gasteiger charge is -2.26. The molecule has 0 bridgehead atoms. The van der Waals surface area contributed by atoms with Crippen LogP contribution < -0.4 is 0 Å². The lowest BCUT2D eigenvalue weighted by molar-refractivity contribution is -0.136. The molecule has 0 unspecified atom stereocenters. The Bertz CT molecular complexity index is 1220. The quantitative estimate of drug-likeness (QED) is 0.485. The first-order valence-corrected chi connectivity index (χ1v) is 9.88. The average molecular weight is 394 g/mol. The monoisotopic (exact) mass is 394 g/mol. The summed E-state index contributed by atoms with van der Waals surface area (Å²) in [5, 5.41) is 0. The molecule has 2 aliphatic carbocycles. The number of fused-ring (bicyclic) bond motifs is 3. The lowest BCUT2D eigenvalue weighted by atomic mass is 9.70. The zero-order valence-electron chi connectivity index (χ0n) is 16.3. The summed E-state index contributed by atoms with van der Waals surface area (Å²) in [5.74, 6) is -1.13. The number of ether oxygens (including phenoxy) is 1. The first kappa shape index (κ1) is 18.3. The van der Waals surface area contributed by atoms with Crippen molar-refractivity contribution in [1.29, 1.82) is 0 Å². The highest BCUT2D eigenvalue weighted by Crippen LogP contribution is 2.57. The Balaban J connectivity index is 1.92. The minimum absolute atomic E-state index is 0.196. The van der Waals surface area contributed by atoms with E-state index >= 15 is 0 Å². The van der Waals surface area contributed by atoms with Gasteiger partial charge in [0.1, 0.15) is 5.41 Å². The molecule has 2 aliphatic rings. The Morgan fingerprint density at radius 1 is 0.767 bits per heavy atom. The molecule has 0 aliphatic heterocycles. The molecule has 3 aromatic carbocycles. The largest absolute Gasteiger partial charge is 0.462 e. The van der Waals surface area contributed by atoms with E-state index in [2.05, 4.69) is 0 Å². The van der Waals surface area contributed by atoms with Gasteiger partial charge in [-0.3, -0.25) is 9.59 Å². The number of benzene rings is 3. The van der Waals surface area contributed by atoms with Crippen molar-refractivity contribution in [1.82, 2.24) is 0 Å². The van der Waals surface area contributed by atoms with E-state index in [9.17, 15) is 14.4 Å². The Morgan fingerprint density at radius 3 is 1.90 bits per heavy atom. The maximum Gasteiger partial charge on any atom is 0.339 e. The second kappa shape index (κ2) is 6.63. The van der Waals surface area contributed by atoms with E-state index in [0.717, 1.165) is 0 Å². The molecule has 5 rings (SSSR count). The molecule has 3 aromatic rings. The molecule has 0 heterocycles. The summed E-state index contributed by atoms with van der Waals surface area (Å²) >= 11 is 0. The topological polar surface area (TPSA) is 60.4 Å². The van der Waals surface area contributed by atoms with Gasteiger partial charge in [0.05, 0.1) is 12.2 Å². The summed E-state index contributed by atoms with van der Waals surface area (Å²) in [7, 11) is 0. The molecule has 4 heteroatoms. The molecule has 146 valence electrons. The van der Waals surface area contributed by atoms with Crippen molar-refractivity contribution in [3.8, 4) is 0 Å². The maximum atomic E-state index is 13.9. The summed E-state index contributed by atoms with van der Waals surface area (Å²) in [6.07, 6.45) is 0. The van der Waals surface area contributed by atoms with Crippen LogP contribution in [0.2, 0.25) is 0 Å². The van der Waals surface area contributed by atoms with Crippen LogP contribution in [0.1, 0.15) is 44.3 Å². The van der Waals surface area contributed by atoms with Crippen molar-refractivity contribution >= 4 is 28.7 Å². The molecule has 0 saturated heterocycles. The molecule has 4 nitrogen and oxygen atoms in total. The molecule has 0 N–H and O–H groups in total. The summed E-state index contributed by atoms with van der Waals surface area (Å²) in [6.45, 7) is 1.93. The number of rotatable bonds is 3. The predicted octanol–water partition coefficient (Wildman–Crippen LogP) is 4.49. The third kappa shape index (κ3) is 2.19. The van der Waals surface area contributed by atoms with Gasteiger partial charge in [0.25, 0.3) is 0 Å². The third-order valence-electron chi connectivity index (χ3n) is 5.86. The SMILES string of the molecule is CCOC(=O)C1=C(c2ccccc2)C2(C(=O)c3ccccc3C2=O)c2ccccc21. The van der Waals surface area contributed by atoms with Crippen molar-refractivity contribution in [2.24, 2.45) is 0 Å². The first-order valence-electron chi connectivity index (χ1n) is 9.88. The average Bonchev–Trinajstić information content (AvgIpc) is 3.21. The summed E-state index contributed by atoms with van der Waals surface area (Å²) in [5.41, 5.74) is 1.66. The molecular weight excluding hydrogens is 376 g/mol. The summed E-state index contributed by atoms with van der Waals surface area (Å²) in [6, 6.07) is 23.2. The minimum atomic E-state index is -1.58. The van der Waals surface area contributed by atoms with Gasteiger partial charge < -0.3 is 4.74 Å². The standard InChI is InChI=1S/C26H18O4/c1-2-30-25(29)21-19-14-8-9-15-20(19)26(22(21)16-10-4-3-5-11-16)23(27)17-12-6-7-13-18(17)24(26)28/h3-15H,2H2,1H3. The third-order valence-corrected chi connectivity index (χ3v) is 5.86. The number of carbonyl (C=O) groups is 3. The number of allylic oxidation sites excluding steroid dienone is 1. The number of hydrogen-bond donors (Lipinski definition) is 0. The molecule has 0 fully saturated rings. The van der Waals surface area contributed by atoms with E-state index < -0.39 is 11.4 Å². The van der Waals surface area contributed by atoms with Gasteiger partial charge in [0.15, 0.2) is 11.6 Å². The Labute approximate surface area is 173 Å². The highest BCUT2D eigenvalue weighted by atomic mass is 16.5. The zero-order chi connectivity index (χ0) is 20.9. The fourth-order valence-corrected chi connectivity index (χ4v) is 4.72. The second-order valence-electron chi connectivity index (χ2n) is 7.34. The second-order valence-corrected chi connectivity index (χ2v) is 7.34. The normalized spacial score (nSPS) is 16.0. The Hall–Kier alpha value is -3.79. The minimum Gasteiger partial charge on any atom is -0.462 e. The van der Waals surface area contributed by atoms with E-state index in [-0.39, 0.29) is 23.7 Å². The van der Waals surface area contributed by atoms with Gasteiger partial charge in [-0.25, -0.2) is 4.79 Å². The number of esters is 1. The van der Waals surface area contributed by atoms with Crippen LogP contribution in [0, 0.1) is 0 Å². The van der Waals surface area contributed by atoms with Crippen LogP contribution in [0.15, 0.2) is 78.9 Å². The van der Waals surface area contributed by atoms with Crippen LogP contribution in [0.4, 0.5) is 0 Å². The van der Waals surface area contributed by atoms with Crippen molar-refractivity contribution in [3.63, 3.8) is 0 Å². The van der Waals surface area contributed by atoms with Gasteiger partial charge in [-0.1, -0.05) is 78.9 Å². The van der Waals surface area contributed by atoms with Crippen molar-refractivity contribution in [2.75, 3.05) is 6.61 Å². The van der Waals surface area contributed by atoms with E-state index in [1.165, 1.54) is 0 Å². The molecule has 0 saturated carbocycles. The molecule has 0 radical (unpaired) electrons. The van der Waals surface area contributed by atoms with Crippen LogP contribution in [0.5, 0.6) is 0 Å². The van der Waals surface area contributed by atoms with Crippen LogP contribution in [-0.4, -0.2) is 24.1 Å². The van der Waals surface area contributed by atoms with E-state index in [1.54, 1.807) is 55.5 Å². The molecule has 0 aromatic heterocycles. The molecule has 0 amide bonds.